The van der Waals surface area contributed by atoms with E-state index in [1.807, 2.05) is 0 Å². The van der Waals surface area contributed by atoms with Crippen LogP contribution in [0.15, 0.2) is 0 Å². The third-order valence-corrected chi connectivity index (χ3v) is 0. The first-order chi connectivity index (χ1) is 6.00. The van der Waals surface area contributed by atoms with Crippen molar-refractivity contribution < 1.29 is 151 Å². The summed E-state index contributed by atoms with van der Waals surface area (Å²) >= 11 is 0. The molecule has 0 heterocycles. The van der Waals surface area contributed by atoms with Crippen molar-refractivity contribution >= 4 is 31.2 Å². The van der Waals surface area contributed by atoms with Crippen LogP contribution in [0.5, 0.6) is 0 Å². The minimum absolute atomic E-state index is 0. The molecule has 2 N–H and O–H groups in total. The van der Waals surface area contributed by atoms with Crippen molar-refractivity contribution in [1.29, 1.82) is 0 Å². The van der Waals surface area contributed by atoms with Crippen molar-refractivity contribution in [1.82, 2.24) is 0 Å². The van der Waals surface area contributed by atoms with Crippen LogP contribution in [0, 0.1) is 0 Å². The van der Waals surface area contributed by atoms with Crippen molar-refractivity contribution in [3.8, 4) is 0 Å². The van der Waals surface area contributed by atoms with Crippen LogP contribution >= 0.6 is 0 Å². The van der Waals surface area contributed by atoms with Gasteiger partial charge in [-0.05, 0) is 0 Å². The van der Waals surface area contributed by atoms with Crippen molar-refractivity contribution in [2.45, 2.75) is 0 Å². The molecule has 0 unspecified atom stereocenters. The predicted molar refractivity (Wildman–Crippen MR) is 35.1 cm³/mol. The van der Waals surface area contributed by atoms with E-state index in [1.54, 1.807) is 0 Å². The van der Waals surface area contributed by atoms with Crippen LogP contribution in [0.1, 0.15) is 0 Å². The molecule has 0 fully saturated rings. The molecule has 0 spiro atoms. The van der Waals surface area contributed by atoms with Gasteiger partial charge < -0.3 is 18.2 Å². The fourth-order valence-corrected chi connectivity index (χ4v) is 0. The SMILES string of the molecule is O=S(=O)(O)O.O=S(=O)([O-])[O-].O=S(=O)([O-])[O-].[Cu+2].[K+].[Na+]. The molecular weight excluding hydrogens is 414 g/mol. The maximum Gasteiger partial charge on any atom is 2.00 e. The molecule has 18 heavy (non-hydrogen) atoms. The minimum Gasteiger partial charge on any atom is -0.759 e. The van der Waals surface area contributed by atoms with E-state index in [4.69, 9.17) is 52.6 Å². The van der Waals surface area contributed by atoms with Crippen LogP contribution in [0.4, 0.5) is 0 Å². The van der Waals surface area contributed by atoms with Gasteiger partial charge in [0.25, 0.3) is 0 Å². The molecule has 105 valence electrons. The van der Waals surface area contributed by atoms with Gasteiger partial charge in [-0.3, -0.25) is 25.9 Å². The third-order valence-electron chi connectivity index (χ3n) is 0. The van der Waals surface area contributed by atoms with Crippen LogP contribution in [-0.2, 0) is 48.3 Å². The summed E-state index contributed by atoms with van der Waals surface area (Å²) in [4.78, 5) is 0. The molecule has 0 saturated carbocycles. The van der Waals surface area contributed by atoms with Gasteiger partial charge in [0.15, 0.2) is 0 Å². The van der Waals surface area contributed by atoms with Gasteiger partial charge in [0.2, 0.25) is 0 Å². The average molecular weight is 416 g/mol. The maximum absolute atomic E-state index is 8.74. The van der Waals surface area contributed by atoms with E-state index in [9.17, 15) is 0 Å². The maximum atomic E-state index is 8.74. The van der Waals surface area contributed by atoms with Gasteiger partial charge in [-0.1, -0.05) is 0 Å². The molecule has 0 saturated heterocycles. The average Bonchev–Trinajstić information content (AvgIpc) is 1.41. The van der Waals surface area contributed by atoms with E-state index < -0.39 is 31.2 Å². The van der Waals surface area contributed by atoms with Gasteiger partial charge in [0, 0.05) is 20.8 Å². The zero-order valence-electron chi connectivity index (χ0n) is 8.50. The fraction of sp³-hybridized carbons (Fsp3) is 0. The Balaban J connectivity index is -0.0000000277. The molecule has 0 atom stereocenters. The van der Waals surface area contributed by atoms with E-state index >= 15 is 0 Å². The zero-order valence-corrected chi connectivity index (χ0v) is 17.0. The largest absolute Gasteiger partial charge is 2.00 e. The molecular formula is H2CuKNaO12S3. The molecule has 0 aromatic rings. The summed E-state index contributed by atoms with van der Waals surface area (Å²) in [7, 11) is -15.0. The Labute approximate surface area is 178 Å². The summed E-state index contributed by atoms with van der Waals surface area (Å²) in [5.41, 5.74) is 0. The summed E-state index contributed by atoms with van der Waals surface area (Å²) in [6, 6.07) is 0. The summed E-state index contributed by atoms with van der Waals surface area (Å²) in [6.07, 6.45) is 0. The van der Waals surface area contributed by atoms with Gasteiger partial charge in [-0.15, -0.1) is 0 Å². The van der Waals surface area contributed by atoms with E-state index in [0.29, 0.717) is 0 Å². The number of rotatable bonds is 0. The summed E-state index contributed by atoms with van der Waals surface area (Å²) in [5.74, 6) is 0. The Morgan fingerprint density at radius 3 is 0.667 bits per heavy atom. The quantitative estimate of drug-likeness (QED) is 0.213. The molecule has 0 aliphatic carbocycles. The molecule has 18 heteroatoms. The minimum atomic E-state index is -5.17. The summed E-state index contributed by atoms with van der Waals surface area (Å²) in [5, 5.41) is 0. The Bertz CT molecular complexity index is 348. The molecule has 0 bridgehead atoms. The molecule has 0 aliphatic heterocycles. The van der Waals surface area contributed by atoms with Gasteiger partial charge in [0.05, 0.1) is 0 Å². The molecule has 12 nitrogen and oxygen atoms in total. The Morgan fingerprint density at radius 2 is 0.667 bits per heavy atom. The number of hydrogen-bond donors (Lipinski definition) is 2. The molecule has 0 amide bonds. The summed E-state index contributed by atoms with van der Waals surface area (Å²) < 4.78 is 99.7. The van der Waals surface area contributed by atoms with E-state index in [1.165, 1.54) is 0 Å². The Morgan fingerprint density at radius 1 is 0.667 bits per heavy atom. The zero-order chi connectivity index (χ0) is 13.5. The van der Waals surface area contributed by atoms with Crippen LogP contribution in [0.25, 0.3) is 0 Å². The topological polar surface area (TPSA) is 235 Å². The Hall–Kier alpha value is 2.77. The van der Waals surface area contributed by atoms with E-state index in [2.05, 4.69) is 0 Å². The second-order valence-electron chi connectivity index (χ2n) is 1.26. The van der Waals surface area contributed by atoms with Gasteiger partial charge in [-0.2, -0.15) is 8.42 Å². The van der Waals surface area contributed by atoms with E-state index in [0.717, 1.165) is 0 Å². The second kappa shape index (κ2) is 16.1. The predicted octanol–water partition coefficient (Wildman–Crippen LogP) is -9.32. The second-order valence-corrected chi connectivity index (χ2v) is 3.79. The molecule has 0 rings (SSSR count). The van der Waals surface area contributed by atoms with Gasteiger partial charge in [0.1, 0.15) is 0 Å². The van der Waals surface area contributed by atoms with Crippen molar-refractivity contribution in [3.05, 3.63) is 0 Å². The van der Waals surface area contributed by atoms with Crippen LogP contribution in [0.3, 0.4) is 0 Å². The van der Waals surface area contributed by atoms with E-state index in [-0.39, 0.29) is 98.0 Å². The smallest absolute Gasteiger partial charge is 0.759 e. The Kier molecular flexibility index (Phi) is 33.4. The van der Waals surface area contributed by atoms with Crippen LogP contribution in [-0.4, -0.2) is 52.6 Å². The third kappa shape index (κ3) is 774. The van der Waals surface area contributed by atoms with Crippen molar-refractivity contribution in [3.63, 3.8) is 0 Å². The van der Waals surface area contributed by atoms with Crippen LogP contribution in [0.2, 0.25) is 0 Å². The first-order valence-corrected chi connectivity index (χ1v) is 6.10. The normalized spacial score (nSPS) is 9.67. The summed E-state index contributed by atoms with van der Waals surface area (Å²) in [6.45, 7) is 0. The standard InChI is InChI=1S/Cu.K.Na.3H2O4S/c;;;3*1-5(2,3)4/h;;;3*(H2,1,2,3,4)/q+2;2*+1;;;/p-4. The first-order valence-electron chi connectivity index (χ1n) is 2.03. The fourth-order valence-electron chi connectivity index (χ4n) is 0. The van der Waals surface area contributed by atoms with Gasteiger partial charge >= 0.3 is 108 Å². The van der Waals surface area contributed by atoms with Crippen molar-refractivity contribution in [2.75, 3.05) is 0 Å². The first kappa shape index (κ1) is 37.2. The molecule has 1 radical (unpaired) electrons. The molecule has 0 aromatic heterocycles. The number of hydrogen-bond acceptors (Lipinski definition) is 10. The van der Waals surface area contributed by atoms with Crippen molar-refractivity contribution in [2.24, 2.45) is 0 Å². The van der Waals surface area contributed by atoms with Gasteiger partial charge in [-0.25, -0.2) is 0 Å². The molecule has 0 aliphatic rings. The monoisotopic (exact) mass is 415 g/mol. The molecule has 0 aromatic carbocycles. The van der Waals surface area contributed by atoms with Crippen LogP contribution < -0.4 is 80.9 Å².